The van der Waals surface area contributed by atoms with Crippen LogP contribution in [0.1, 0.15) is 5.89 Å². The average molecular weight is 256 g/mol. The summed E-state index contributed by atoms with van der Waals surface area (Å²) in [6.07, 6.45) is 3.31. The lowest BCUT2D eigenvalue weighted by atomic mass is 10.4. The molecule has 7 nitrogen and oxygen atoms in total. The Morgan fingerprint density at radius 1 is 1.35 bits per heavy atom. The molecule has 17 heavy (non-hydrogen) atoms. The lowest BCUT2D eigenvalue weighted by Gasteiger charge is -2.09. The fourth-order valence-electron chi connectivity index (χ4n) is 1.25. The van der Waals surface area contributed by atoms with Crippen LogP contribution in [0, 0.1) is 0 Å². The fourth-order valence-corrected chi connectivity index (χ4v) is 1.46. The highest BCUT2D eigenvalue weighted by molar-refractivity contribution is 6.31. The summed E-state index contributed by atoms with van der Waals surface area (Å²) < 4.78 is 9.95. The van der Waals surface area contributed by atoms with E-state index in [0.717, 1.165) is 0 Å². The van der Waals surface area contributed by atoms with Crippen molar-refractivity contribution in [3.63, 3.8) is 0 Å². The lowest BCUT2D eigenvalue weighted by molar-refractivity contribution is 0.379. The molecule has 0 unspecified atom stereocenters. The maximum Gasteiger partial charge on any atom is 0.228 e. The SMILES string of the molecule is COc1c(Cl)ncnc1NCCc1ncno1. The molecule has 0 bridgehead atoms. The second-order valence-electron chi connectivity index (χ2n) is 3.06. The van der Waals surface area contributed by atoms with Gasteiger partial charge in [0, 0.05) is 13.0 Å². The Kier molecular flexibility index (Phi) is 3.71. The van der Waals surface area contributed by atoms with Crippen molar-refractivity contribution in [1.29, 1.82) is 0 Å². The summed E-state index contributed by atoms with van der Waals surface area (Å²) in [5.74, 6) is 1.50. The van der Waals surface area contributed by atoms with E-state index in [9.17, 15) is 0 Å². The van der Waals surface area contributed by atoms with Crippen molar-refractivity contribution in [3.05, 3.63) is 23.7 Å². The van der Waals surface area contributed by atoms with Crippen LogP contribution in [0.5, 0.6) is 5.75 Å². The van der Waals surface area contributed by atoms with Crippen LogP contribution in [0.25, 0.3) is 0 Å². The quantitative estimate of drug-likeness (QED) is 0.803. The molecular formula is C9H10ClN5O2. The van der Waals surface area contributed by atoms with Gasteiger partial charge in [0.05, 0.1) is 7.11 Å². The van der Waals surface area contributed by atoms with Gasteiger partial charge in [-0.15, -0.1) is 0 Å². The minimum absolute atomic E-state index is 0.266. The van der Waals surface area contributed by atoms with Crippen LogP contribution in [0.15, 0.2) is 17.2 Å². The number of hydrogen-bond donors (Lipinski definition) is 1. The maximum absolute atomic E-state index is 5.85. The first-order valence-electron chi connectivity index (χ1n) is 4.85. The summed E-state index contributed by atoms with van der Waals surface area (Å²) in [6, 6.07) is 0. The number of anilines is 1. The number of nitrogens with zero attached hydrogens (tertiary/aromatic N) is 4. The Morgan fingerprint density at radius 3 is 2.94 bits per heavy atom. The van der Waals surface area contributed by atoms with Gasteiger partial charge in [0.2, 0.25) is 5.89 Å². The summed E-state index contributed by atoms with van der Waals surface area (Å²) in [7, 11) is 1.51. The van der Waals surface area contributed by atoms with Gasteiger partial charge in [-0.1, -0.05) is 16.8 Å². The summed E-state index contributed by atoms with van der Waals surface area (Å²) in [5.41, 5.74) is 0. The van der Waals surface area contributed by atoms with Gasteiger partial charge < -0.3 is 14.6 Å². The first kappa shape index (κ1) is 11.6. The van der Waals surface area contributed by atoms with Crippen LogP contribution < -0.4 is 10.1 Å². The lowest BCUT2D eigenvalue weighted by Crippen LogP contribution is -2.08. The number of hydrogen-bond acceptors (Lipinski definition) is 7. The molecule has 2 heterocycles. The molecule has 0 aliphatic carbocycles. The van der Waals surface area contributed by atoms with Gasteiger partial charge in [-0.05, 0) is 0 Å². The molecule has 0 aliphatic heterocycles. The van der Waals surface area contributed by atoms with E-state index < -0.39 is 0 Å². The normalized spacial score (nSPS) is 10.2. The molecule has 2 rings (SSSR count). The van der Waals surface area contributed by atoms with Gasteiger partial charge in [-0.25, -0.2) is 9.97 Å². The Labute approximate surface area is 102 Å². The van der Waals surface area contributed by atoms with E-state index in [0.29, 0.717) is 30.4 Å². The molecule has 8 heteroatoms. The van der Waals surface area contributed by atoms with Crippen LogP contribution in [-0.2, 0) is 6.42 Å². The van der Waals surface area contributed by atoms with Crippen LogP contribution in [0.3, 0.4) is 0 Å². The Bertz CT molecular complexity index is 476. The van der Waals surface area contributed by atoms with Gasteiger partial charge >= 0.3 is 0 Å². The Hall–Kier alpha value is -1.89. The third-order valence-electron chi connectivity index (χ3n) is 2.00. The van der Waals surface area contributed by atoms with Crippen LogP contribution in [0.4, 0.5) is 5.82 Å². The number of methoxy groups -OCH3 is 1. The van der Waals surface area contributed by atoms with E-state index in [-0.39, 0.29) is 5.15 Å². The molecule has 90 valence electrons. The minimum Gasteiger partial charge on any atom is -0.490 e. The highest BCUT2D eigenvalue weighted by Gasteiger charge is 2.09. The van der Waals surface area contributed by atoms with Crippen molar-refractivity contribution >= 4 is 17.4 Å². The van der Waals surface area contributed by atoms with Crippen molar-refractivity contribution in [2.45, 2.75) is 6.42 Å². The molecule has 0 fully saturated rings. The van der Waals surface area contributed by atoms with E-state index in [1.165, 1.54) is 19.8 Å². The Balaban J connectivity index is 1.97. The number of rotatable bonds is 5. The summed E-state index contributed by atoms with van der Waals surface area (Å²) in [5, 5.41) is 6.83. The zero-order valence-corrected chi connectivity index (χ0v) is 9.81. The standard InChI is InChI=1S/C9H10ClN5O2/c1-16-7-8(10)13-4-14-9(7)11-3-2-6-12-5-15-17-6/h4-5H,2-3H2,1H3,(H,11,13,14). The predicted molar refractivity (Wildman–Crippen MR) is 60.1 cm³/mol. The van der Waals surface area contributed by atoms with Crippen LogP contribution >= 0.6 is 11.6 Å². The highest BCUT2D eigenvalue weighted by Crippen LogP contribution is 2.27. The third-order valence-corrected chi connectivity index (χ3v) is 2.27. The van der Waals surface area contributed by atoms with Crippen LogP contribution in [0.2, 0.25) is 5.15 Å². The summed E-state index contributed by atoms with van der Waals surface area (Å²) >= 11 is 5.85. The molecular weight excluding hydrogens is 246 g/mol. The molecule has 0 spiro atoms. The predicted octanol–water partition coefficient (Wildman–Crippen LogP) is 1.18. The fraction of sp³-hybridized carbons (Fsp3) is 0.333. The molecule has 0 atom stereocenters. The van der Waals surface area contributed by atoms with Gasteiger partial charge in [0.1, 0.15) is 6.33 Å². The number of ether oxygens (including phenoxy) is 1. The second kappa shape index (κ2) is 5.44. The maximum atomic E-state index is 5.85. The van der Waals surface area contributed by atoms with Gasteiger partial charge in [-0.2, -0.15) is 4.98 Å². The topological polar surface area (TPSA) is 86.0 Å². The monoisotopic (exact) mass is 255 g/mol. The largest absolute Gasteiger partial charge is 0.490 e. The van der Waals surface area contributed by atoms with E-state index >= 15 is 0 Å². The van der Waals surface area contributed by atoms with Gasteiger partial charge in [0.15, 0.2) is 23.0 Å². The first-order chi connectivity index (χ1) is 8.31. The molecule has 1 N–H and O–H groups in total. The summed E-state index contributed by atoms with van der Waals surface area (Å²) in [6.45, 7) is 0.575. The van der Waals surface area contributed by atoms with Crippen molar-refractivity contribution in [3.8, 4) is 5.75 Å². The number of aromatic nitrogens is 4. The summed E-state index contributed by atoms with van der Waals surface area (Å²) in [4.78, 5) is 11.7. The Morgan fingerprint density at radius 2 is 2.24 bits per heavy atom. The van der Waals surface area contributed by atoms with E-state index in [4.69, 9.17) is 20.9 Å². The molecule has 0 saturated heterocycles. The molecule has 2 aromatic rings. The molecule has 0 aliphatic rings. The van der Waals surface area contributed by atoms with E-state index in [1.807, 2.05) is 0 Å². The van der Waals surface area contributed by atoms with Gasteiger partial charge in [0.25, 0.3) is 0 Å². The van der Waals surface area contributed by atoms with Crippen LogP contribution in [-0.4, -0.2) is 33.8 Å². The number of nitrogens with one attached hydrogen (secondary N) is 1. The highest BCUT2D eigenvalue weighted by atomic mass is 35.5. The van der Waals surface area contributed by atoms with Gasteiger partial charge in [-0.3, -0.25) is 0 Å². The first-order valence-corrected chi connectivity index (χ1v) is 5.23. The molecule has 0 saturated carbocycles. The smallest absolute Gasteiger partial charge is 0.228 e. The zero-order chi connectivity index (χ0) is 12.1. The second-order valence-corrected chi connectivity index (χ2v) is 3.42. The molecule has 0 aromatic carbocycles. The zero-order valence-electron chi connectivity index (χ0n) is 9.05. The molecule has 0 radical (unpaired) electrons. The minimum atomic E-state index is 0.266. The van der Waals surface area contributed by atoms with E-state index in [1.54, 1.807) is 0 Å². The van der Waals surface area contributed by atoms with E-state index in [2.05, 4.69) is 25.4 Å². The number of halogens is 1. The molecule has 0 amide bonds. The van der Waals surface area contributed by atoms with Crippen molar-refractivity contribution in [1.82, 2.24) is 20.1 Å². The van der Waals surface area contributed by atoms with Crippen molar-refractivity contribution in [2.24, 2.45) is 0 Å². The van der Waals surface area contributed by atoms with Crippen molar-refractivity contribution < 1.29 is 9.26 Å². The third kappa shape index (κ3) is 2.82. The van der Waals surface area contributed by atoms with Crippen molar-refractivity contribution in [2.75, 3.05) is 19.0 Å². The molecule has 2 aromatic heterocycles. The average Bonchev–Trinajstić information content (AvgIpc) is 2.82.